The average molecular weight is 568 g/mol. The second kappa shape index (κ2) is 15.3. The molecule has 224 valence electrons. The molecule has 2 atom stereocenters. The molecule has 41 heavy (non-hydrogen) atoms. The van der Waals surface area contributed by atoms with Crippen LogP contribution in [0.5, 0.6) is 17.2 Å². The van der Waals surface area contributed by atoms with Crippen LogP contribution in [0.4, 0.5) is 5.69 Å². The molecule has 0 aliphatic heterocycles. The number of unbranched alkanes of at least 4 members (excludes halogenated alkanes) is 5. The van der Waals surface area contributed by atoms with E-state index < -0.39 is 12.1 Å². The van der Waals surface area contributed by atoms with Crippen LogP contribution in [0.15, 0.2) is 29.1 Å². The van der Waals surface area contributed by atoms with Gasteiger partial charge < -0.3 is 30.2 Å². The van der Waals surface area contributed by atoms with Gasteiger partial charge in [0, 0.05) is 19.0 Å². The van der Waals surface area contributed by atoms with Gasteiger partial charge in [-0.25, -0.2) is 0 Å². The summed E-state index contributed by atoms with van der Waals surface area (Å²) in [5.74, 6) is 1.12. The van der Waals surface area contributed by atoms with Crippen molar-refractivity contribution in [3.63, 3.8) is 0 Å². The number of hydrogen-bond donors (Lipinski definition) is 3. The fourth-order valence-corrected chi connectivity index (χ4v) is 5.40. The van der Waals surface area contributed by atoms with E-state index in [0.717, 1.165) is 29.5 Å². The van der Waals surface area contributed by atoms with Crippen LogP contribution >= 0.6 is 0 Å². The number of carbonyl (C=O) groups is 2. The van der Waals surface area contributed by atoms with E-state index in [9.17, 15) is 14.4 Å². The maximum atomic E-state index is 13.5. The van der Waals surface area contributed by atoms with Gasteiger partial charge in [0.2, 0.25) is 23.0 Å². The van der Waals surface area contributed by atoms with Gasteiger partial charge in [0.1, 0.15) is 6.04 Å². The van der Waals surface area contributed by atoms with E-state index in [4.69, 9.17) is 14.2 Å². The first-order valence-corrected chi connectivity index (χ1v) is 14.6. The smallest absolute Gasteiger partial charge is 0.242 e. The molecule has 1 aliphatic carbocycles. The monoisotopic (exact) mass is 567 g/mol. The Kier molecular flexibility index (Phi) is 11.9. The predicted molar refractivity (Wildman–Crippen MR) is 162 cm³/mol. The van der Waals surface area contributed by atoms with Crippen molar-refractivity contribution in [3.05, 3.63) is 45.6 Å². The third-order valence-corrected chi connectivity index (χ3v) is 7.51. The van der Waals surface area contributed by atoms with Crippen LogP contribution in [0.1, 0.15) is 82.9 Å². The van der Waals surface area contributed by atoms with Crippen molar-refractivity contribution in [1.82, 2.24) is 10.6 Å². The van der Waals surface area contributed by atoms with Gasteiger partial charge in [0.05, 0.1) is 33.1 Å². The van der Waals surface area contributed by atoms with Crippen LogP contribution < -0.4 is 35.6 Å². The van der Waals surface area contributed by atoms with E-state index in [0.29, 0.717) is 47.9 Å². The normalized spacial score (nSPS) is 14.5. The molecule has 0 saturated carbocycles. The number of hydrogen-bond acceptors (Lipinski definition) is 7. The molecule has 0 fully saturated rings. The highest BCUT2D eigenvalue weighted by atomic mass is 16.5. The molecule has 3 N–H and O–H groups in total. The van der Waals surface area contributed by atoms with Gasteiger partial charge in [0.15, 0.2) is 11.5 Å². The summed E-state index contributed by atoms with van der Waals surface area (Å²) in [5.41, 5.74) is 3.15. The minimum atomic E-state index is -0.609. The van der Waals surface area contributed by atoms with E-state index >= 15 is 0 Å². The maximum absolute atomic E-state index is 13.5. The van der Waals surface area contributed by atoms with Gasteiger partial charge in [-0.15, -0.1) is 0 Å². The van der Waals surface area contributed by atoms with E-state index in [-0.39, 0.29) is 17.2 Å². The molecular weight excluding hydrogens is 522 g/mol. The zero-order valence-electron chi connectivity index (χ0n) is 25.3. The molecule has 2 amide bonds. The zero-order chi connectivity index (χ0) is 29.9. The largest absolute Gasteiger partial charge is 0.493 e. The molecule has 0 aromatic heterocycles. The predicted octanol–water partition coefficient (Wildman–Crippen LogP) is 5.14. The highest BCUT2D eigenvalue weighted by Crippen LogP contribution is 2.50. The van der Waals surface area contributed by atoms with Crippen LogP contribution in [-0.2, 0) is 16.0 Å². The minimum Gasteiger partial charge on any atom is -0.493 e. The number of carbonyl (C=O) groups excluding carboxylic acids is 2. The highest BCUT2D eigenvalue weighted by Gasteiger charge is 2.29. The molecule has 0 unspecified atom stereocenters. The van der Waals surface area contributed by atoms with Gasteiger partial charge in [-0.3, -0.25) is 14.4 Å². The Labute approximate surface area is 243 Å². The molecule has 2 aromatic rings. The summed E-state index contributed by atoms with van der Waals surface area (Å²) < 4.78 is 17.0. The molecule has 0 radical (unpaired) electrons. The molecular formula is C32H45N3O6. The van der Waals surface area contributed by atoms with Gasteiger partial charge in [-0.05, 0) is 61.1 Å². The quantitative estimate of drug-likeness (QED) is 0.271. The van der Waals surface area contributed by atoms with E-state index in [1.165, 1.54) is 32.6 Å². The molecule has 0 saturated heterocycles. The maximum Gasteiger partial charge on any atom is 0.242 e. The van der Waals surface area contributed by atoms with Crippen LogP contribution in [-0.4, -0.2) is 45.7 Å². The summed E-state index contributed by atoms with van der Waals surface area (Å²) >= 11 is 0. The van der Waals surface area contributed by atoms with Crippen molar-refractivity contribution < 1.29 is 23.8 Å². The third kappa shape index (κ3) is 7.93. The third-order valence-electron chi connectivity index (χ3n) is 7.51. The molecule has 0 heterocycles. The molecule has 0 spiro atoms. The van der Waals surface area contributed by atoms with Crippen molar-refractivity contribution >= 4 is 17.5 Å². The van der Waals surface area contributed by atoms with E-state index in [1.54, 1.807) is 40.4 Å². The molecule has 0 bridgehead atoms. The van der Waals surface area contributed by atoms with Crippen molar-refractivity contribution in [3.8, 4) is 28.4 Å². The SMILES string of the molecule is CCCCCCCCNC(=O)[C@H](C)Nc1ccc2c(cc1=O)[C@H](NC(C)=O)CCc1cc(OC)c(OC)c(OC)c1-2. The summed E-state index contributed by atoms with van der Waals surface area (Å²) in [6.45, 7) is 6.00. The molecule has 9 heteroatoms. The number of rotatable bonds is 14. The Morgan fingerprint density at radius 2 is 1.68 bits per heavy atom. The van der Waals surface area contributed by atoms with Crippen LogP contribution in [0, 0.1) is 0 Å². The van der Waals surface area contributed by atoms with Crippen LogP contribution in [0.3, 0.4) is 0 Å². The van der Waals surface area contributed by atoms with Crippen molar-refractivity contribution in [2.24, 2.45) is 0 Å². The number of fused-ring (bicyclic) bond motifs is 3. The van der Waals surface area contributed by atoms with Gasteiger partial charge in [-0.1, -0.05) is 45.1 Å². The number of ether oxygens (including phenoxy) is 3. The van der Waals surface area contributed by atoms with Gasteiger partial charge in [0.25, 0.3) is 0 Å². The van der Waals surface area contributed by atoms with E-state index in [2.05, 4.69) is 22.9 Å². The first kappa shape index (κ1) is 31.8. The summed E-state index contributed by atoms with van der Waals surface area (Å²) in [6, 6.07) is 5.98. The summed E-state index contributed by atoms with van der Waals surface area (Å²) in [6.07, 6.45) is 8.06. The molecule has 2 aromatic carbocycles. The minimum absolute atomic E-state index is 0.161. The molecule has 1 aliphatic rings. The Balaban J connectivity index is 1.96. The van der Waals surface area contributed by atoms with Crippen LogP contribution in [0.2, 0.25) is 0 Å². The van der Waals surface area contributed by atoms with Crippen molar-refractivity contribution in [2.75, 3.05) is 33.2 Å². The fourth-order valence-electron chi connectivity index (χ4n) is 5.40. The summed E-state index contributed by atoms with van der Waals surface area (Å²) in [4.78, 5) is 38.4. The zero-order valence-corrected chi connectivity index (χ0v) is 25.3. The fraction of sp³-hybridized carbons (Fsp3) is 0.531. The first-order valence-electron chi connectivity index (χ1n) is 14.6. The Morgan fingerprint density at radius 3 is 2.34 bits per heavy atom. The number of benzene rings is 1. The van der Waals surface area contributed by atoms with Crippen LogP contribution in [0.25, 0.3) is 11.1 Å². The first-order chi connectivity index (χ1) is 19.7. The molecule has 9 nitrogen and oxygen atoms in total. The summed E-state index contributed by atoms with van der Waals surface area (Å²) in [7, 11) is 4.68. The molecule has 3 rings (SSSR count). The highest BCUT2D eigenvalue weighted by molar-refractivity contribution is 5.85. The second-order valence-electron chi connectivity index (χ2n) is 10.5. The Hall–Kier alpha value is -3.75. The Morgan fingerprint density at radius 1 is 0.976 bits per heavy atom. The second-order valence-corrected chi connectivity index (χ2v) is 10.5. The lowest BCUT2D eigenvalue weighted by molar-refractivity contribution is -0.121. The number of aryl methyl sites for hydroxylation is 1. The van der Waals surface area contributed by atoms with Gasteiger partial charge in [-0.2, -0.15) is 0 Å². The topological polar surface area (TPSA) is 115 Å². The average Bonchev–Trinajstić information content (AvgIpc) is 3.19. The summed E-state index contributed by atoms with van der Waals surface area (Å²) in [5, 5.41) is 9.08. The number of anilines is 1. The van der Waals surface area contributed by atoms with Gasteiger partial charge >= 0.3 is 0 Å². The lowest BCUT2D eigenvalue weighted by atomic mass is 9.95. The van der Waals surface area contributed by atoms with E-state index in [1.807, 2.05) is 12.1 Å². The number of methoxy groups -OCH3 is 3. The number of amides is 2. The van der Waals surface area contributed by atoms with Crippen molar-refractivity contribution in [1.29, 1.82) is 0 Å². The lowest BCUT2D eigenvalue weighted by Crippen LogP contribution is -2.38. The Bertz CT molecular complexity index is 1280. The standard InChI is InChI=1S/C32H45N3O6/c1-7-8-9-10-11-12-17-33-32(38)20(2)34-26-16-14-23-24(19-27(26)37)25(35-21(3)36)15-13-22-18-28(39-4)30(40-5)31(41-6)29(22)23/h14,16,18-20,25H,7-13,15,17H2,1-6H3,(H,33,38)(H,34,37)(H,35,36)/t20-,25+/m0/s1. The number of nitrogens with one attached hydrogen (secondary N) is 3. The lowest BCUT2D eigenvalue weighted by Gasteiger charge is -2.19. The van der Waals surface area contributed by atoms with Crippen molar-refractivity contribution in [2.45, 2.75) is 84.2 Å².